The van der Waals surface area contributed by atoms with E-state index in [0.717, 1.165) is 5.69 Å². The van der Waals surface area contributed by atoms with Crippen LogP contribution in [0.1, 0.15) is 11.1 Å². The maximum Gasteiger partial charge on any atom is 0.103 e. The third kappa shape index (κ3) is 3.30. The number of nitriles is 2. The van der Waals surface area contributed by atoms with Gasteiger partial charge in [0.2, 0.25) is 0 Å². The Morgan fingerprint density at radius 1 is 0.870 bits per heavy atom. The predicted molar refractivity (Wildman–Crippen MR) is 95.0 cm³/mol. The Balaban J connectivity index is 2.52. The van der Waals surface area contributed by atoms with Crippen molar-refractivity contribution < 1.29 is 0 Å². The average molecular weight is 366 g/mol. The number of nitrogens with zero attached hydrogens (tertiary/aromatic N) is 3. The lowest BCUT2D eigenvalue weighted by Gasteiger charge is -2.16. The molecule has 0 radical (unpaired) electrons. The van der Waals surface area contributed by atoms with Crippen LogP contribution in [0.15, 0.2) is 24.3 Å². The zero-order valence-electron chi connectivity index (χ0n) is 12.3. The molecule has 0 unspecified atom stereocenters. The van der Waals surface area contributed by atoms with Gasteiger partial charge in [0.25, 0.3) is 0 Å². The number of anilines is 3. The molecule has 0 amide bonds. The van der Waals surface area contributed by atoms with Gasteiger partial charge in [0.15, 0.2) is 0 Å². The second-order valence-electron chi connectivity index (χ2n) is 4.86. The van der Waals surface area contributed by atoms with Crippen molar-refractivity contribution in [3.8, 4) is 12.1 Å². The van der Waals surface area contributed by atoms with Gasteiger partial charge in [-0.25, -0.2) is 0 Å². The van der Waals surface area contributed by atoms with E-state index < -0.39 is 0 Å². The summed E-state index contributed by atoms with van der Waals surface area (Å²) in [5, 5.41) is 21.6. The quantitative estimate of drug-likeness (QED) is 0.759. The molecule has 2 aromatic rings. The largest absolute Gasteiger partial charge is 0.378 e. The van der Waals surface area contributed by atoms with Crippen LogP contribution >= 0.6 is 34.8 Å². The van der Waals surface area contributed by atoms with Crippen molar-refractivity contribution in [3.63, 3.8) is 0 Å². The van der Waals surface area contributed by atoms with Gasteiger partial charge in [-0.15, -0.1) is 0 Å². The highest BCUT2D eigenvalue weighted by Crippen LogP contribution is 2.42. The number of benzene rings is 2. The topological polar surface area (TPSA) is 62.9 Å². The average Bonchev–Trinajstić information content (AvgIpc) is 2.54. The molecule has 0 aromatic heterocycles. The predicted octanol–water partition coefficient (Wildman–Crippen LogP) is 5.20. The lowest BCUT2D eigenvalue weighted by molar-refractivity contribution is 1.13. The minimum absolute atomic E-state index is 0.0108. The first-order valence-corrected chi connectivity index (χ1v) is 7.59. The van der Waals surface area contributed by atoms with E-state index >= 15 is 0 Å². The van der Waals surface area contributed by atoms with Gasteiger partial charge in [-0.1, -0.05) is 34.8 Å². The molecule has 2 aromatic carbocycles. The van der Waals surface area contributed by atoms with Crippen LogP contribution in [0.3, 0.4) is 0 Å². The molecule has 0 heterocycles. The fraction of sp³-hybridized carbons (Fsp3) is 0.125. The molecular weight excluding hydrogens is 355 g/mol. The summed E-state index contributed by atoms with van der Waals surface area (Å²) in [6.45, 7) is 0. The lowest BCUT2D eigenvalue weighted by atomic mass is 10.1. The molecule has 0 saturated heterocycles. The van der Waals surface area contributed by atoms with Crippen molar-refractivity contribution in [2.45, 2.75) is 0 Å². The Bertz CT molecular complexity index is 831. The highest BCUT2D eigenvalue weighted by molar-refractivity contribution is 6.46. The molecule has 0 aliphatic carbocycles. The van der Waals surface area contributed by atoms with Gasteiger partial charge in [-0.3, -0.25) is 0 Å². The van der Waals surface area contributed by atoms with Crippen LogP contribution in [-0.2, 0) is 0 Å². The van der Waals surface area contributed by atoms with Crippen LogP contribution in [0.5, 0.6) is 0 Å². The molecule has 23 heavy (non-hydrogen) atoms. The SMILES string of the molecule is CN(C)c1ccc(Nc2c(Cl)c(Cl)c(C#N)c(Cl)c2C#N)cc1. The number of rotatable bonds is 3. The molecule has 0 aliphatic rings. The second-order valence-corrected chi connectivity index (χ2v) is 5.99. The molecule has 0 spiro atoms. The van der Waals surface area contributed by atoms with Crippen LogP contribution in [0, 0.1) is 22.7 Å². The van der Waals surface area contributed by atoms with Crippen molar-refractivity contribution in [2.75, 3.05) is 24.3 Å². The Morgan fingerprint density at radius 3 is 1.91 bits per heavy atom. The molecule has 7 heteroatoms. The number of nitrogens with one attached hydrogen (secondary N) is 1. The van der Waals surface area contributed by atoms with Gasteiger partial charge < -0.3 is 10.2 Å². The van der Waals surface area contributed by atoms with Crippen molar-refractivity contribution in [2.24, 2.45) is 0 Å². The summed E-state index contributed by atoms with van der Waals surface area (Å²) < 4.78 is 0. The third-order valence-electron chi connectivity index (χ3n) is 3.20. The van der Waals surface area contributed by atoms with Gasteiger partial charge in [-0.2, -0.15) is 10.5 Å². The van der Waals surface area contributed by atoms with E-state index in [9.17, 15) is 5.26 Å². The molecule has 0 atom stereocenters. The molecule has 116 valence electrons. The summed E-state index contributed by atoms with van der Waals surface area (Å²) in [5.41, 5.74) is 2.09. The van der Waals surface area contributed by atoms with Crippen molar-refractivity contribution in [1.82, 2.24) is 0 Å². The van der Waals surface area contributed by atoms with Crippen LogP contribution < -0.4 is 10.2 Å². The Morgan fingerprint density at radius 2 is 1.43 bits per heavy atom. The van der Waals surface area contributed by atoms with E-state index in [1.807, 2.05) is 55.4 Å². The molecule has 2 rings (SSSR count). The van der Waals surface area contributed by atoms with Crippen LogP contribution in [0.4, 0.5) is 17.1 Å². The standard InChI is InChI=1S/C16H11Cl3N4/c1-23(2)10-5-3-9(4-6-10)22-16-12(8-21)13(17)11(7-20)14(18)15(16)19/h3-6,22H,1-2H3. The molecule has 0 aliphatic heterocycles. The molecule has 1 N–H and O–H groups in total. The van der Waals surface area contributed by atoms with Crippen LogP contribution in [0.2, 0.25) is 15.1 Å². The molecular formula is C16H11Cl3N4. The monoisotopic (exact) mass is 364 g/mol. The normalized spacial score (nSPS) is 9.87. The minimum Gasteiger partial charge on any atom is -0.378 e. The van der Waals surface area contributed by atoms with E-state index in [2.05, 4.69) is 5.32 Å². The Labute approximate surface area is 149 Å². The fourth-order valence-electron chi connectivity index (χ4n) is 1.97. The van der Waals surface area contributed by atoms with Crippen molar-refractivity contribution in [1.29, 1.82) is 10.5 Å². The van der Waals surface area contributed by atoms with E-state index in [1.165, 1.54) is 0 Å². The maximum atomic E-state index is 9.34. The molecule has 0 bridgehead atoms. The van der Waals surface area contributed by atoms with Gasteiger partial charge in [0.05, 0.1) is 31.9 Å². The summed E-state index contributed by atoms with van der Waals surface area (Å²) >= 11 is 18.4. The maximum absolute atomic E-state index is 9.34. The first kappa shape index (κ1) is 17.2. The van der Waals surface area contributed by atoms with E-state index in [4.69, 9.17) is 40.1 Å². The highest BCUT2D eigenvalue weighted by Gasteiger charge is 2.21. The fourth-order valence-corrected chi connectivity index (χ4v) is 2.76. The summed E-state index contributed by atoms with van der Waals surface area (Å²) in [5.74, 6) is 0. The van der Waals surface area contributed by atoms with Crippen molar-refractivity contribution >= 4 is 51.9 Å². The first-order valence-electron chi connectivity index (χ1n) is 6.45. The molecule has 0 saturated carbocycles. The first-order chi connectivity index (χ1) is 10.9. The third-order valence-corrected chi connectivity index (χ3v) is 4.43. The van der Waals surface area contributed by atoms with Gasteiger partial charge in [-0.05, 0) is 24.3 Å². The zero-order valence-corrected chi connectivity index (χ0v) is 14.6. The second kappa shape index (κ2) is 6.98. The Kier molecular flexibility index (Phi) is 5.23. The van der Waals surface area contributed by atoms with Crippen LogP contribution in [0.25, 0.3) is 0 Å². The van der Waals surface area contributed by atoms with E-state index in [1.54, 1.807) is 0 Å². The lowest BCUT2D eigenvalue weighted by Crippen LogP contribution is -2.08. The summed E-state index contributed by atoms with van der Waals surface area (Å²) in [7, 11) is 3.88. The smallest absolute Gasteiger partial charge is 0.103 e. The van der Waals surface area contributed by atoms with E-state index in [-0.39, 0.29) is 31.9 Å². The summed E-state index contributed by atoms with van der Waals surface area (Å²) in [6, 6.07) is 11.3. The Hall–Kier alpha value is -2.11. The number of halogens is 3. The van der Waals surface area contributed by atoms with E-state index in [0.29, 0.717) is 5.69 Å². The van der Waals surface area contributed by atoms with Gasteiger partial charge >= 0.3 is 0 Å². The highest BCUT2D eigenvalue weighted by atomic mass is 35.5. The summed E-state index contributed by atoms with van der Waals surface area (Å²) in [6.07, 6.45) is 0. The van der Waals surface area contributed by atoms with Gasteiger partial charge in [0, 0.05) is 25.5 Å². The zero-order chi connectivity index (χ0) is 17.1. The van der Waals surface area contributed by atoms with Crippen LogP contribution in [-0.4, -0.2) is 14.1 Å². The van der Waals surface area contributed by atoms with Gasteiger partial charge in [0.1, 0.15) is 12.1 Å². The van der Waals surface area contributed by atoms with Crippen molar-refractivity contribution in [3.05, 3.63) is 50.5 Å². The molecule has 4 nitrogen and oxygen atoms in total. The summed E-state index contributed by atoms with van der Waals surface area (Å²) in [4.78, 5) is 1.97. The minimum atomic E-state index is -0.0168. The molecule has 0 fully saturated rings. The number of hydrogen-bond acceptors (Lipinski definition) is 4. The number of hydrogen-bond donors (Lipinski definition) is 1.